The molecule has 0 saturated heterocycles. The van der Waals surface area contributed by atoms with Crippen molar-refractivity contribution in [2.75, 3.05) is 6.54 Å². The maximum atomic E-state index is 12.2. The Kier molecular flexibility index (Phi) is 5.09. The van der Waals surface area contributed by atoms with Gasteiger partial charge in [-0.25, -0.2) is 4.68 Å². The molecule has 0 saturated carbocycles. The zero-order valence-corrected chi connectivity index (χ0v) is 13.9. The molecule has 0 unspecified atom stereocenters. The van der Waals surface area contributed by atoms with Crippen molar-refractivity contribution >= 4 is 5.91 Å². The van der Waals surface area contributed by atoms with E-state index in [1.54, 1.807) is 24.5 Å². The molecule has 1 atom stereocenters. The molecular weight excluding hydrogens is 318 g/mol. The molecule has 2 heterocycles. The van der Waals surface area contributed by atoms with Gasteiger partial charge < -0.3 is 9.73 Å². The van der Waals surface area contributed by atoms with E-state index in [-0.39, 0.29) is 17.4 Å². The second-order valence-electron chi connectivity index (χ2n) is 5.68. The molecule has 2 aromatic heterocycles. The lowest BCUT2D eigenvalue weighted by Crippen LogP contribution is -2.34. The number of nitrogens with zero attached hydrogens (tertiary/aromatic N) is 2. The molecule has 1 amide bonds. The second kappa shape index (κ2) is 7.61. The van der Waals surface area contributed by atoms with Gasteiger partial charge in [0.05, 0.1) is 18.7 Å². The van der Waals surface area contributed by atoms with Gasteiger partial charge in [-0.05, 0) is 30.7 Å². The largest absolute Gasteiger partial charge is 0.463 e. The summed E-state index contributed by atoms with van der Waals surface area (Å²) < 4.78 is 6.61. The predicted octanol–water partition coefficient (Wildman–Crippen LogP) is 2.42. The molecule has 0 aliphatic heterocycles. The van der Waals surface area contributed by atoms with E-state index in [1.807, 2.05) is 37.3 Å². The first-order valence-corrected chi connectivity index (χ1v) is 8.10. The molecule has 6 nitrogen and oxygen atoms in total. The summed E-state index contributed by atoms with van der Waals surface area (Å²) in [6.07, 6.45) is 1.55. The molecule has 1 N–H and O–H groups in total. The summed E-state index contributed by atoms with van der Waals surface area (Å²) in [7, 11) is 0. The predicted molar refractivity (Wildman–Crippen MR) is 94.1 cm³/mol. The van der Waals surface area contributed by atoms with Gasteiger partial charge in [0.1, 0.15) is 5.69 Å². The Bertz CT molecular complexity index is 886. The first-order chi connectivity index (χ1) is 12.1. The minimum atomic E-state index is -0.250. The highest BCUT2D eigenvalue weighted by Crippen LogP contribution is 2.15. The molecule has 128 valence electrons. The van der Waals surface area contributed by atoms with Crippen molar-refractivity contribution in [3.8, 4) is 11.5 Å². The van der Waals surface area contributed by atoms with Gasteiger partial charge >= 0.3 is 0 Å². The zero-order valence-electron chi connectivity index (χ0n) is 13.9. The molecule has 3 rings (SSSR count). The normalized spacial score (nSPS) is 11.9. The molecular formula is C19H19N3O3. The lowest BCUT2D eigenvalue weighted by Gasteiger charge is -2.13. The molecule has 25 heavy (non-hydrogen) atoms. The smallest absolute Gasteiger partial charge is 0.266 e. The van der Waals surface area contributed by atoms with Gasteiger partial charge in [-0.2, -0.15) is 5.10 Å². The fourth-order valence-corrected chi connectivity index (χ4v) is 2.50. The molecule has 0 aliphatic carbocycles. The number of hydrogen-bond acceptors (Lipinski definition) is 4. The van der Waals surface area contributed by atoms with Crippen molar-refractivity contribution < 1.29 is 9.21 Å². The number of hydrogen-bond donors (Lipinski definition) is 1. The lowest BCUT2D eigenvalue weighted by molar-refractivity contribution is -0.122. The third-order valence-electron chi connectivity index (χ3n) is 3.96. The number of carbonyl (C=O) groups is 1. The third kappa shape index (κ3) is 4.03. The van der Waals surface area contributed by atoms with E-state index >= 15 is 0 Å². The van der Waals surface area contributed by atoms with Gasteiger partial charge in [-0.1, -0.05) is 30.3 Å². The van der Waals surface area contributed by atoms with Gasteiger partial charge in [0, 0.05) is 12.6 Å². The van der Waals surface area contributed by atoms with Crippen LogP contribution in [0.1, 0.15) is 18.4 Å². The average Bonchev–Trinajstić information content (AvgIpc) is 3.18. The Hall–Kier alpha value is -3.15. The molecule has 0 bridgehead atoms. The Morgan fingerprint density at radius 2 is 1.96 bits per heavy atom. The number of rotatable bonds is 6. The van der Waals surface area contributed by atoms with Crippen LogP contribution in [0.5, 0.6) is 0 Å². The number of benzene rings is 1. The maximum absolute atomic E-state index is 12.2. The van der Waals surface area contributed by atoms with Crippen molar-refractivity contribution in [3.63, 3.8) is 0 Å². The zero-order chi connectivity index (χ0) is 17.6. The molecule has 0 aliphatic rings. The topological polar surface area (TPSA) is 77.1 Å². The Morgan fingerprint density at radius 3 is 2.68 bits per heavy atom. The van der Waals surface area contributed by atoms with E-state index in [2.05, 4.69) is 10.4 Å². The van der Waals surface area contributed by atoms with Crippen LogP contribution in [0.25, 0.3) is 11.5 Å². The van der Waals surface area contributed by atoms with Crippen LogP contribution in [-0.4, -0.2) is 22.2 Å². The van der Waals surface area contributed by atoms with Crippen LogP contribution in [0.3, 0.4) is 0 Å². The van der Waals surface area contributed by atoms with Crippen molar-refractivity contribution in [1.82, 2.24) is 15.1 Å². The Morgan fingerprint density at radius 1 is 1.16 bits per heavy atom. The first kappa shape index (κ1) is 16.7. The van der Waals surface area contributed by atoms with E-state index in [1.165, 1.54) is 10.7 Å². The van der Waals surface area contributed by atoms with Crippen LogP contribution in [0.2, 0.25) is 0 Å². The van der Waals surface area contributed by atoms with Crippen LogP contribution in [0.4, 0.5) is 0 Å². The van der Waals surface area contributed by atoms with E-state index < -0.39 is 0 Å². The molecule has 0 radical (unpaired) electrons. The summed E-state index contributed by atoms with van der Waals surface area (Å²) in [5.74, 6) is 0.261. The molecule has 3 aromatic rings. The number of nitrogens with one attached hydrogen (secondary N) is 1. The van der Waals surface area contributed by atoms with E-state index in [0.717, 1.165) is 5.56 Å². The van der Waals surface area contributed by atoms with Crippen LogP contribution in [-0.2, 0) is 11.3 Å². The fourth-order valence-electron chi connectivity index (χ4n) is 2.50. The fraction of sp³-hybridized carbons (Fsp3) is 0.211. The molecule has 1 aromatic carbocycles. The van der Waals surface area contributed by atoms with Gasteiger partial charge in [-0.15, -0.1) is 0 Å². The summed E-state index contributed by atoms with van der Waals surface area (Å²) in [5, 5.41) is 7.12. The lowest BCUT2D eigenvalue weighted by atomic mass is 10.0. The standard InChI is InChI=1S/C19H19N3O3/c1-14(15-6-3-2-4-7-15)19(24)20-11-12-22-18(23)10-9-16(21-22)17-8-5-13-25-17/h2-10,13-14H,11-12H2,1H3,(H,20,24)/t14-/m1/s1. The number of amides is 1. The van der Waals surface area contributed by atoms with Gasteiger partial charge in [0.2, 0.25) is 5.91 Å². The summed E-state index contributed by atoms with van der Waals surface area (Å²) in [6.45, 7) is 2.47. The third-order valence-corrected chi connectivity index (χ3v) is 3.96. The maximum Gasteiger partial charge on any atom is 0.266 e. The van der Waals surface area contributed by atoms with Crippen LogP contribution >= 0.6 is 0 Å². The SMILES string of the molecule is C[C@@H](C(=O)NCCn1nc(-c2ccco2)ccc1=O)c1ccccc1. The van der Waals surface area contributed by atoms with E-state index in [0.29, 0.717) is 24.5 Å². The van der Waals surface area contributed by atoms with Crippen molar-refractivity contribution in [2.45, 2.75) is 19.4 Å². The summed E-state index contributed by atoms with van der Waals surface area (Å²) in [6, 6.07) is 16.2. The van der Waals surface area contributed by atoms with Gasteiger partial charge in [-0.3, -0.25) is 9.59 Å². The van der Waals surface area contributed by atoms with Gasteiger partial charge in [0.15, 0.2) is 5.76 Å². The first-order valence-electron chi connectivity index (χ1n) is 8.10. The average molecular weight is 337 g/mol. The molecule has 6 heteroatoms. The minimum Gasteiger partial charge on any atom is -0.463 e. The Balaban J connectivity index is 1.61. The van der Waals surface area contributed by atoms with Crippen molar-refractivity contribution in [2.24, 2.45) is 0 Å². The summed E-state index contributed by atoms with van der Waals surface area (Å²) >= 11 is 0. The highest BCUT2D eigenvalue weighted by Gasteiger charge is 2.14. The van der Waals surface area contributed by atoms with E-state index in [4.69, 9.17) is 4.42 Å². The number of aromatic nitrogens is 2. The summed E-state index contributed by atoms with van der Waals surface area (Å²) in [4.78, 5) is 24.2. The van der Waals surface area contributed by atoms with E-state index in [9.17, 15) is 9.59 Å². The van der Waals surface area contributed by atoms with Crippen LogP contribution in [0.15, 0.2) is 70.1 Å². The minimum absolute atomic E-state index is 0.0820. The summed E-state index contributed by atoms with van der Waals surface area (Å²) in [5.41, 5.74) is 1.31. The van der Waals surface area contributed by atoms with Gasteiger partial charge in [0.25, 0.3) is 5.56 Å². The Labute approximate surface area is 145 Å². The number of carbonyl (C=O) groups excluding carboxylic acids is 1. The highest BCUT2D eigenvalue weighted by molar-refractivity contribution is 5.83. The quantitative estimate of drug-likeness (QED) is 0.749. The monoisotopic (exact) mass is 337 g/mol. The van der Waals surface area contributed by atoms with Crippen LogP contribution < -0.4 is 10.9 Å². The highest BCUT2D eigenvalue weighted by atomic mass is 16.3. The van der Waals surface area contributed by atoms with Crippen molar-refractivity contribution in [1.29, 1.82) is 0 Å². The second-order valence-corrected chi connectivity index (χ2v) is 5.68. The molecule has 0 spiro atoms. The van der Waals surface area contributed by atoms with Crippen LogP contribution in [0, 0.1) is 0 Å². The molecule has 0 fully saturated rings. The number of furan rings is 1. The van der Waals surface area contributed by atoms with Crippen molar-refractivity contribution in [3.05, 3.63) is 76.8 Å².